The van der Waals surface area contributed by atoms with Crippen LogP contribution in [0.15, 0.2) is 108 Å². The van der Waals surface area contributed by atoms with Crippen molar-refractivity contribution in [3.8, 4) is 5.06 Å². The lowest BCUT2D eigenvalue weighted by Gasteiger charge is -2.26. The smallest absolute Gasteiger partial charge is 0.416 e. The van der Waals surface area contributed by atoms with E-state index in [0.29, 0.717) is 55.2 Å². The summed E-state index contributed by atoms with van der Waals surface area (Å²) in [6.45, 7) is 8.28. The molecule has 19 heteroatoms. The molecule has 1 saturated heterocycles. The highest BCUT2D eigenvalue weighted by molar-refractivity contribution is 8.09. The summed E-state index contributed by atoms with van der Waals surface area (Å²) in [4.78, 5) is 21.4. The van der Waals surface area contributed by atoms with Crippen LogP contribution in [0.25, 0.3) is 17.2 Å². The minimum Gasteiger partial charge on any atom is -0.450 e. The first-order valence-corrected chi connectivity index (χ1v) is 24.8. The van der Waals surface area contributed by atoms with Gasteiger partial charge in [0.25, 0.3) is 15.6 Å². The SMILES string of the molecule is CCN1/C(=C/c2scc[n+]2CC)S/C(=C2/Sc3cc(C(F)(F)F)ccc3N2C)C1Oc1c[n+](Cc2ccccc2)c(/C=c2\s/c(=C3/Sc4c(ccc(F)c4F)N3C)c(=O)n2CC)s1. The Hall–Kier alpha value is -4.53. The van der Waals surface area contributed by atoms with Gasteiger partial charge in [0.1, 0.15) is 20.8 Å². The second kappa shape index (κ2) is 17.5. The van der Waals surface area contributed by atoms with Crippen LogP contribution in [-0.2, 0) is 25.8 Å². The zero-order valence-corrected chi connectivity index (χ0v) is 39.3. The van der Waals surface area contributed by atoms with Crippen LogP contribution in [0.3, 0.4) is 0 Å². The molecule has 1 unspecified atom stereocenters. The molecule has 6 heterocycles. The molecule has 0 saturated carbocycles. The van der Waals surface area contributed by atoms with Gasteiger partial charge in [-0.05, 0) is 62.4 Å². The molecule has 0 radical (unpaired) electrons. The fraction of sp³-hybridized carbons (Fsp3) is 0.250. The monoisotopic (exact) mass is 970 g/mol. The fourth-order valence-electron chi connectivity index (χ4n) is 7.51. The zero-order chi connectivity index (χ0) is 44.3. The van der Waals surface area contributed by atoms with E-state index in [1.54, 1.807) is 39.6 Å². The number of likely N-dealkylation sites (N-methyl/N-ethyl adjacent to an activating group) is 1. The van der Waals surface area contributed by atoms with Gasteiger partial charge in [-0.15, -0.1) is 11.3 Å². The lowest BCUT2D eigenvalue weighted by atomic mass is 10.2. The number of hydrogen-bond acceptors (Lipinski definition) is 11. The molecular formula is C44H39F5N6O2S6+2. The summed E-state index contributed by atoms with van der Waals surface area (Å²) in [6.07, 6.45) is 3.01. The minimum absolute atomic E-state index is 0.144. The van der Waals surface area contributed by atoms with Crippen molar-refractivity contribution in [2.24, 2.45) is 0 Å². The van der Waals surface area contributed by atoms with Crippen molar-refractivity contribution in [2.75, 3.05) is 30.4 Å². The van der Waals surface area contributed by atoms with Crippen molar-refractivity contribution in [2.45, 2.75) is 62.6 Å². The fourth-order valence-corrected chi connectivity index (χ4v) is 14.6. The average Bonchev–Trinajstić information content (AvgIpc) is 4.12. The Kier molecular flexibility index (Phi) is 12.1. The van der Waals surface area contributed by atoms with Crippen LogP contribution in [0.1, 0.15) is 41.9 Å². The van der Waals surface area contributed by atoms with Crippen molar-refractivity contribution in [1.82, 2.24) is 9.47 Å². The molecule has 3 aliphatic rings. The molecule has 0 amide bonds. The third-order valence-electron chi connectivity index (χ3n) is 10.8. The highest BCUT2D eigenvalue weighted by Crippen LogP contribution is 2.55. The molecule has 3 aromatic heterocycles. The van der Waals surface area contributed by atoms with Crippen molar-refractivity contribution >= 4 is 97.9 Å². The van der Waals surface area contributed by atoms with Gasteiger partial charge < -0.3 is 19.4 Å². The molecule has 326 valence electrons. The van der Waals surface area contributed by atoms with Gasteiger partial charge in [-0.3, -0.25) is 9.36 Å². The van der Waals surface area contributed by atoms with E-state index in [0.717, 1.165) is 61.0 Å². The Morgan fingerprint density at radius 2 is 1.60 bits per heavy atom. The number of hydrogen-bond donors (Lipinski definition) is 0. The van der Waals surface area contributed by atoms with Gasteiger partial charge in [-0.1, -0.05) is 77.0 Å². The summed E-state index contributed by atoms with van der Waals surface area (Å²) < 4.78 is 84.9. The molecule has 0 aliphatic carbocycles. The minimum atomic E-state index is -4.47. The summed E-state index contributed by atoms with van der Waals surface area (Å²) in [6, 6.07) is 16.5. The third-order valence-corrected chi connectivity index (χ3v) is 17.6. The first-order valence-electron chi connectivity index (χ1n) is 19.9. The Bertz CT molecular complexity index is 3010. The topological polar surface area (TPSA) is 48.7 Å². The van der Waals surface area contributed by atoms with Crippen LogP contribution >= 0.6 is 69.3 Å². The van der Waals surface area contributed by atoms with Crippen molar-refractivity contribution in [3.63, 3.8) is 0 Å². The van der Waals surface area contributed by atoms with Gasteiger partial charge in [-0.25, -0.2) is 8.78 Å². The molecule has 0 spiro atoms. The van der Waals surface area contributed by atoms with E-state index in [2.05, 4.69) is 34.0 Å². The zero-order valence-electron chi connectivity index (χ0n) is 34.4. The molecule has 0 N–H and O–H groups in total. The van der Waals surface area contributed by atoms with Gasteiger partial charge in [0.05, 0.1) is 54.3 Å². The third kappa shape index (κ3) is 8.13. The van der Waals surface area contributed by atoms with Crippen LogP contribution in [0.5, 0.6) is 5.06 Å². The number of anilines is 2. The van der Waals surface area contributed by atoms with Gasteiger partial charge in [0, 0.05) is 37.6 Å². The summed E-state index contributed by atoms with van der Waals surface area (Å²) in [5.41, 5.74) is 1.30. The lowest BCUT2D eigenvalue weighted by Crippen LogP contribution is -2.37. The highest BCUT2D eigenvalue weighted by atomic mass is 32.2. The molecule has 3 aliphatic heterocycles. The van der Waals surface area contributed by atoms with Gasteiger partial charge in [-0.2, -0.15) is 22.3 Å². The largest absolute Gasteiger partial charge is 0.450 e. The molecule has 8 nitrogen and oxygen atoms in total. The summed E-state index contributed by atoms with van der Waals surface area (Å²) >= 11 is 8.25. The van der Waals surface area contributed by atoms with Gasteiger partial charge >= 0.3 is 6.18 Å². The van der Waals surface area contributed by atoms with Gasteiger partial charge in [0.15, 0.2) is 24.4 Å². The quantitative estimate of drug-likeness (QED) is 0.105. The molecule has 6 aromatic rings. The van der Waals surface area contributed by atoms with E-state index in [9.17, 15) is 26.7 Å². The number of alkyl halides is 3. The molecule has 63 heavy (non-hydrogen) atoms. The first-order chi connectivity index (χ1) is 30.3. The van der Waals surface area contributed by atoms with Gasteiger partial charge in [0.2, 0.25) is 17.5 Å². The number of ether oxygens (including phenoxy) is 1. The molecule has 9 rings (SSSR count). The predicted molar refractivity (Wildman–Crippen MR) is 246 cm³/mol. The summed E-state index contributed by atoms with van der Waals surface area (Å²) in [7, 11) is 3.62. The standard InChI is InChI=1S/C44H39F5N6O2S6/c1-6-52-18-19-58-31(52)21-34-55(8-3)41(39(62-34)43-50(4)28-16-14-26(44(47,48)49)20-30(28)59-43)57-35-24-53(23-25-12-10-9-11-13-25)32(60-35)22-33-54(7-2)40(56)38(61-33)42-51(5)29-17-15-27(45)36(46)37(29)63-42/h9-22,24,41H,6-8,23H2,1-5H3/q+2/b42-38+,43-39+. The van der Waals surface area contributed by atoms with Crippen LogP contribution in [0.2, 0.25) is 0 Å². The second-order valence-electron chi connectivity index (χ2n) is 14.5. The average molecular weight is 971 g/mol. The Balaban J connectivity index is 1.16. The number of thiazole rings is 3. The Morgan fingerprint density at radius 1 is 0.841 bits per heavy atom. The van der Waals surface area contributed by atoms with Crippen molar-refractivity contribution in [3.05, 3.63) is 146 Å². The van der Waals surface area contributed by atoms with Crippen LogP contribution in [-0.4, -0.2) is 36.3 Å². The number of rotatable bonds is 9. The number of benzene rings is 3. The Morgan fingerprint density at radius 3 is 2.33 bits per heavy atom. The van der Waals surface area contributed by atoms with Crippen LogP contribution < -0.4 is 38.4 Å². The second-order valence-corrected chi connectivity index (χ2v) is 20.6. The lowest BCUT2D eigenvalue weighted by molar-refractivity contribution is -0.690. The molecular weight excluding hydrogens is 932 g/mol. The van der Waals surface area contributed by atoms with E-state index in [1.165, 1.54) is 52.6 Å². The normalized spacial score (nSPS) is 19.3. The highest BCUT2D eigenvalue weighted by Gasteiger charge is 2.42. The summed E-state index contributed by atoms with van der Waals surface area (Å²) in [5.74, 6) is -1.88. The molecule has 0 bridgehead atoms. The molecule has 1 fully saturated rings. The van der Waals surface area contributed by atoms with E-state index >= 15 is 0 Å². The summed E-state index contributed by atoms with van der Waals surface area (Å²) in [5, 5.41) is 6.76. The maximum absolute atomic E-state index is 14.9. The number of halogens is 5. The van der Waals surface area contributed by atoms with E-state index in [4.69, 9.17) is 4.74 Å². The van der Waals surface area contributed by atoms with Crippen LogP contribution in [0.4, 0.5) is 33.3 Å². The number of thioether (sulfide) groups is 3. The van der Waals surface area contributed by atoms with Crippen molar-refractivity contribution in [1.29, 1.82) is 0 Å². The predicted octanol–water partition coefficient (Wildman–Crippen LogP) is 9.31. The van der Waals surface area contributed by atoms with E-state index < -0.39 is 29.6 Å². The molecule has 3 aromatic carbocycles. The van der Waals surface area contributed by atoms with Crippen LogP contribution in [0, 0.1) is 11.6 Å². The maximum atomic E-state index is 14.9. The van der Waals surface area contributed by atoms with E-state index in [-0.39, 0.29) is 10.5 Å². The number of nitrogens with zero attached hydrogens (tertiary/aromatic N) is 6. The number of aromatic nitrogens is 3. The molecule has 1 atom stereocenters. The van der Waals surface area contributed by atoms with Crippen molar-refractivity contribution < 1.29 is 35.8 Å². The number of fused-ring (bicyclic) bond motifs is 2. The first kappa shape index (κ1) is 43.7. The maximum Gasteiger partial charge on any atom is 0.416 e. The Labute approximate surface area is 384 Å². The number of aryl methyl sites for hydroxylation is 1. The van der Waals surface area contributed by atoms with E-state index in [1.807, 2.05) is 73.1 Å².